The van der Waals surface area contributed by atoms with Crippen LogP contribution in [0.3, 0.4) is 0 Å². The molecule has 0 aliphatic rings. The van der Waals surface area contributed by atoms with E-state index in [2.05, 4.69) is 31.5 Å². The van der Waals surface area contributed by atoms with Crippen LogP contribution in [0.15, 0.2) is 0 Å². The van der Waals surface area contributed by atoms with Crippen LogP contribution in [-0.4, -0.2) is 29.9 Å². The van der Waals surface area contributed by atoms with Crippen molar-refractivity contribution in [2.24, 2.45) is 0 Å². The summed E-state index contributed by atoms with van der Waals surface area (Å²) < 4.78 is 0. The Morgan fingerprint density at radius 2 is 1.09 bits per heavy atom. The average molecular weight is 337 g/mol. The minimum absolute atomic E-state index is 0. The van der Waals surface area contributed by atoms with E-state index in [1.165, 1.54) is 12.3 Å². The molecule has 0 aromatic rings. The summed E-state index contributed by atoms with van der Waals surface area (Å²) >= 11 is 0. The third-order valence-electron chi connectivity index (χ3n) is 0.957. The summed E-state index contributed by atoms with van der Waals surface area (Å²) in [6.45, 7) is 9.37. The van der Waals surface area contributed by atoms with Crippen molar-refractivity contribution in [3.05, 3.63) is 0 Å². The van der Waals surface area contributed by atoms with Gasteiger partial charge in [-0.3, -0.25) is 0 Å². The van der Waals surface area contributed by atoms with Gasteiger partial charge < -0.3 is 5.32 Å². The van der Waals surface area contributed by atoms with Crippen LogP contribution in [0, 0.1) is 0 Å². The van der Waals surface area contributed by atoms with Crippen LogP contribution in [0.1, 0.15) is 0 Å². The Kier molecular flexibility index (Phi) is 22.0. The Morgan fingerprint density at radius 1 is 0.818 bits per heavy atom. The Balaban J connectivity index is -0.000000320. The number of rotatable bonds is 4. The molecule has 0 bridgehead atoms. The van der Waals surface area contributed by atoms with Crippen molar-refractivity contribution in [3.8, 4) is 0 Å². The second-order valence-corrected chi connectivity index (χ2v) is 8.55. The van der Waals surface area contributed by atoms with Gasteiger partial charge in [-0.05, 0) is 12.3 Å². The maximum atomic E-state index is 3.47. The van der Waals surface area contributed by atoms with E-state index in [0.717, 1.165) is 0 Å². The van der Waals surface area contributed by atoms with Gasteiger partial charge in [0.2, 0.25) is 0 Å². The van der Waals surface area contributed by atoms with Crippen LogP contribution in [0.25, 0.3) is 0 Å². The second-order valence-electron chi connectivity index (χ2n) is 3.02. The summed E-state index contributed by atoms with van der Waals surface area (Å²) in [5.41, 5.74) is 0. The Bertz CT molecular complexity index is 63.6. The smallest absolute Gasteiger partial charge is 0.0581 e. The van der Waals surface area contributed by atoms with Gasteiger partial charge in [0.05, 0.1) is 17.6 Å². The van der Waals surface area contributed by atoms with Crippen molar-refractivity contribution < 1.29 is 65.4 Å². The monoisotopic (exact) mass is 337 g/mol. The molecular weight excluding hydrogens is 320 g/mol. The molecule has 0 aromatic heterocycles. The van der Waals surface area contributed by atoms with Crippen molar-refractivity contribution in [3.63, 3.8) is 0 Å². The molecule has 0 aliphatic carbocycles. The van der Waals surface area contributed by atoms with E-state index in [9.17, 15) is 0 Å². The van der Waals surface area contributed by atoms with Crippen LogP contribution >= 0.6 is 0 Å². The molecular formula is C6H17NSi2Y2. The molecule has 0 saturated heterocycles. The molecule has 0 atom stereocenters. The van der Waals surface area contributed by atoms with Crippen molar-refractivity contribution >= 4 is 17.6 Å². The molecule has 0 unspecified atom stereocenters. The standard InChI is InChI=1S/C6H17NSi2.2Y/c1-8(2)5-7-6-9(3)4;;/h7H,5-6H2,1-4H3;;. The minimum Gasteiger partial charge on any atom is -0.323 e. The number of hydrogen-bond acceptors (Lipinski definition) is 1. The minimum atomic E-state index is -0.0251. The third kappa shape index (κ3) is 19.1. The van der Waals surface area contributed by atoms with Crippen LogP contribution in [0.4, 0.5) is 0 Å². The quantitative estimate of drug-likeness (QED) is 0.760. The summed E-state index contributed by atoms with van der Waals surface area (Å²) in [6, 6.07) is 0. The van der Waals surface area contributed by atoms with Crippen LogP contribution in [-0.2, 0) is 65.4 Å². The first-order chi connectivity index (χ1) is 4.13. The summed E-state index contributed by atoms with van der Waals surface area (Å²) in [5, 5.41) is 3.47. The van der Waals surface area contributed by atoms with Crippen LogP contribution in [0.5, 0.6) is 0 Å². The van der Waals surface area contributed by atoms with E-state index >= 15 is 0 Å². The largest absolute Gasteiger partial charge is 0.323 e. The van der Waals surface area contributed by atoms with Crippen molar-refractivity contribution in [1.82, 2.24) is 5.32 Å². The Labute approximate surface area is 125 Å². The molecule has 0 rings (SSSR count). The second kappa shape index (κ2) is 12.6. The molecule has 11 heavy (non-hydrogen) atoms. The van der Waals surface area contributed by atoms with Crippen molar-refractivity contribution in [2.75, 3.05) is 12.3 Å². The molecule has 0 spiro atoms. The molecule has 1 nitrogen and oxygen atoms in total. The molecule has 0 amide bonds. The fraction of sp³-hybridized carbons (Fsp3) is 1.00. The molecule has 0 aliphatic heterocycles. The Hall–Kier alpha value is 2.60. The molecule has 60 valence electrons. The van der Waals surface area contributed by atoms with Gasteiger partial charge in [-0.2, -0.15) is 0 Å². The normalized spacial score (nSPS) is 9.27. The van der Waals surface area contributed by atoms with E-state index in [-0.39, 0.29) is 83.0 Å². The van der Waals surface area contributed by atoms with Gasteiger partial charge >= 0.3 is 0 Å². The van der Waals surface area contributed by atoms with E-state index in [1.54, 1.807) is 0 Å². The molecule has 4 radical (unpaired) electrons. The number of nitrogens with one attached hydrogen (secondary N) is 1. The maximum Gasteiger partial charge on any atom is 0.0581 e. The summed E-state index contributed by atoms with van der Waals surface area (Å²) in [5.74, 6) is 0. The van der Waals surface area contributed by atoms with E-state index < -0.39 is 0 Å². The van der Waals surface area contributed by atoms with Gasteiger partial charge in [-0.25, -0.2) is 0 Å². The summed E-state index contributed by atoms with van der Waals surface area (Å²) in [6.07, 6.45) is 2.56. The number of hydrogen-bond donors (Lipinski definition) is 1. The maximum absolute atomic E-state index is 3.47. The van der Waals surface area contributed by atoms with Crippen molar-refractivity contribution in [1.29, 1.82) is 0 Å². The zero-order valence-electron chi connectivity index (χ0n) is 8.07. The SMILES string of the molecule is C[Si](C)CNC[Si](C)C.[Y].[Y]. The molecule has 0 saturated carbocycles. The first kappa shape index (κ1) is 19.2. The van der Waals surface area contributed by atoms with Gasteiger partial charge in [0, 0.05) is 65.4 Å². The zero-order valence-corrected chi connectivity index (χ0v) is 15.7. The fourth-order valence-electron chi connectivity index (χ4n) is 0.562. The summed E-state index contributed by atoms with van der Waals surface area (Å²) in [4.78, 5) is 0. The third-order valence-corrected chi connectivity index (χ3v) is 2.87. The van der Waals surface area contributed by atoms with Crippen LogP contribution in [0.2, 0.25) is 26.2 Å². The van der Waals surface area contributed by atoms with Gasteiger partial charge in [0.25, 0.3) is 0 Å². The van der Waals surface area contributed by atoms with Gasteiger partial charge in [0.15, 0.2) is 0 Å². The molecule has 5 heteroatoms. The molecule has 1 N–H and O–H groups in total. The average Bonchev–Trinajstić information content (AvgIpc) is 1.63. The Morgan fingerprint density at radius 3 is 1.27 bits per heavy atom. The predicted molar refractivity (Wildman–Crippen MR) is 47.8 cm³/mol. The van der Waals surface area contributed by atoms with E-state index in [1.807, 2.05) is 0 Å². The van der Waals surface area contributed by atoms with Crippen LogP contribution < -0.4 is 5.32 Å². The predicted octanol–water partition coefficient (Wildman–Crippen LogP) is 1.16. The van der Waals surface area contributed by atoms with E-state index in [0.29, 0.717) is 0 Å². The molecule has 0 fully saturated rings. The van der Waals surface area contributed by atoms with E-state index in [4.69, 9.17) is 0 Å². The first-order valence-corrected chi connectivity index (χ1v) is 8.83. The first-order valence-electron chi connectivity index (χ1n) is 3.41. The summed E-state index contributed by atoms with van der Waals surface area (Å²) in [7, 11) is -0.0502. The van der Waals surface area contributed by atoms with Gasteiger partial charge in [-0.1, -0.05) is 26.2 Å². The molecule has 0 heterocycles. The zero-order chi connectivity index (χ0) is 7.28. The van der Waals surface area contributed by atoms with Gasteiger partial charge in [0.1, 0.15) is 0 Å². The molecule has 0 aromatic carbocycles. The topological polar surface area (TPSA) is 12.0 Å². The van der Waals surface area contributed by atoms with Gasteiger partial charge in [-0.15, -0.1) is 0 Å². The van der Waals surface area contributed by atoms with Crippen molar-refractivity contribution in [2.45, 2.75) is 26.2 Å². The fourth-order valence-corrected chi connectivity index (χ4v) is 2.06.